The summed E-state index contributed by atoms with van der Waals surface area (Å²) in [4.78, 5) is 25.4. The lowest BCUT2D eigenvalue weighted by Gasteiger charge is -2.37. The van der Waals surface area contributed by atoms with Crippen molar-refractivity contribution in [2.75, 3.05) is 32.0 Å². The number of anilines is 1. The van der Waals surface area contributed by atoms with Crippen LogP contribution in [0.5, 0.6) is 0 Å². The molecule has 1 atom stereocenters. The van der Waals surface area contributed by atoms with Crippen LogP contribution < -0.4 is 5.32 Å². The fourth-order valence-electron chi connectivity index (χ4n) is 3.04. The van der Waals surface area contributed by atoms with Gasteiger partial charge in [0.05, 0.1) is 5.52 Å². The predicted molar refractivity (Wildman–Crippen MR) is 106 cm³/mol. The van der Waals surface area contributed by atoms with Crippen molar-refractivity contribution in [2.24, 2.45) is 0 Å². The summed E-state index contributed by atoms with van der Waals surface area (Å²) in [5, 5.41) is 13.7. The van der Waals surface area contributed by atoms with Crippen LogP contribution in [0.2, 0.25) is 0 Å². The van der Waals surface area contributed by atoms with E-state index in [1.165, 1.54) is 11.3 Å². The third-order valence-electron chi connectivity index (χ3n) is 4.82. The normalized spacial score (nSPS) is 18.0. The average Bonchev–Trinajstić information content (AvgIpc) is 3.09. The van der Waals surface area contributed by atoms with Crippen LogP contribution in [-0.2, 0) is 0 Å². The largest absolute Gasteiger partial charge is 0.324 e. The minimum atomic E-state index is -0.162. The Kier molecular flexibility index (Phi) is 4.71. The third-order valence-corrected chi connectivity index (χ3v) is 5.71. The van der Waals surface area contributed by atoms with Gasteiger partial charge in [-0.05, 0) is 27.0 Å². The zero-order valence-electron chi connectivity index (χ0n) is 15.5. The topological polar surface area (TPSA) is 87.1 Å². The maximum absolute atomic E-state index is 12.5. The average molecular weight is 383 g/mol. The van der Waals surface area contributed by atoms with Crippen molar-refractivity contribution in [3.05, 3.63) is 29.4 Å². The zero-order valence-corrected chi connectivity index (χ0v) is 16.3. The number of amides is 2. The first-order valence-corrected chi connectivity index (χ1v) is 9.65. The number of aryl methyl sites for hydroxylation is 1. The number of carbonyl (C=O) groups excluding carboxylic acids is 1. The number of fused-ring (bicyclic) bond motifs is 1. The lowest BCUT2D eigenvalue weighted by molar-refractivity contribution is 0.125. The van der Waals surface area contributed by atoms with E-state index in [0.717, 1.165) is 33.0 Å². The Morgan fingerprint density at radius 1 is 1.30 bits per heavy atom. The standard InChI is InChI=1S/C18H21N7OS/c1-11-10-25(7-6-24(11)3)18(26)21-17-19-9-14-5-4-13(8-15(14)20-17)16-23-22-12(2)27-16/h4-5,8-9,11H,6-7,10H2,1-3H3,(H,19,20,21,26). The van der Waals surface area contributed by atoms with Crippen molar-refractivity contribution in [1.82, 2.24) is 30.0 Å². The van der Waals surface area contributed by atoms with E-state index in [4.69, 9.17) is 0 Å². The Hall–Kier alpha value is -2.65. The van der Waals surface area contributed by atoms with E-state index in [0.29, 0.717) is 25.1 Å². The smallest absolute Gasteiger partial charge is 0.322 e. The molecule has 3 heterocycles. The summed E-state index contributed by atoms with van der Waals surface area (Å²) < 4.78 is 0. The van der Waals surface area contributed by atoms with Gasteiger partial charge in [-0.2, -0.15) is 0 Å². The van der Waals surface area contributed by atoms with Gasteiger partial charge in [0, 0.05) is 42.8 Å². The summed E-state index contributed by atoms with van der Waals surface area (Å²) in [6.07, 6.45) is 1.72. The molecule has 4 rings (SSSR count). The molecular weight excluding hydrogens is 362 g/mol. The van der Waals surface area contributed by atoms with Gasteiger partial charge in [0.1, 0.15) is 10.0 Å². The highest BCUT2D eigenvalue weighted by Gasteiger charge is 2.24. The summed E-state index contributed by atoms with van der Waals surface area (Å²) in [7, 11) is 2.07. The molecule has 2 aromatic heterocycles. The molecule has 0 bridgehead atoms. The van der Waals surface area contributed by atoms with Gasteiger partial charge in [0.15, 0.2) is 0 Å². The summed E-state index contributed by atoms with van der Waals surface area (Å²) in [6, 6.07) is 6.06. The summed E-state index contributed by atoms with van der Waals surface area (Å²) >= 11 is 1.54. The molecule has 27 heavy (non-hydrogen) atoms. The molecule has 1 N–H and O–H groups in total. The number of hydrogen-bond donors (Lipinski definition) is 1. The number of benzene rings is 1. The number of aromatic nitrogens is 4. The Labute approximate surface area is 161 Å². The SMILES string of the molecule is Cc1nnc(-c2ccc3cnc(NC(=O)N4CCN(C)C(C)C4)nc3c2)s1. The lowest BCUT2D eigenvalue weighted by atomic mass is 10.1. The molecule has 1 unspecified atom stereocenters. The van der Waals surface area contributed by atoms with Gasteiger partial charge in [-0.25, -0.2) is 14.8 Å². The van der Waals surface area contributed by atoms with E-state index in [9.17, 15) is 4.79 Å². The van der Waals surface area contributed by atoms with Crippen LogP contribution in [0.3, 0.4) is 0 Å². The summed E-state index contributed by atoms with van der Waals surface area (Å²) in [5.74, 6) is 0.310. The molecule has 1 aliphatic rings. The number of nitrogens with one attached hydrogen (secondary N) is 1. The fourth-order valence-corrected chi connectivity index (χ4v) is 3.73. The predicted octanol–water partition coefficient (Wildman–Crippen LogP) is 2.62. The molecule has 1 aromatic carbocycles. The quantitative estimate of drug-likeness (QED) is 0.732. The molecule has 0 saturated carbocycles. The molecule has 2 amide bonds. The number of likely N-dealkylation sites (N-methyl/N-ethyl adjacent to an activating group) is 1. The van der Waals surface area contributed by atoms with Crippen molar-refractivity contribution in [1.29, 1.82) is 0 Å². The van der Waals surface area contributed by atoms with Gasteiger partial charge < -0.3 is 9.80 Å². The van der Waals surface area contributed by atoms with Crippen molar-refractivity contribution < 1.29 is 4.79 Å². The minimum Gasteiger partial charge on any atom is -0.322 e. The van der Waals surface area contributed by atoms with E-state index in [2.05, 4.69) is 44.4 Å². The molecule has 0 aliphatic carbocycles. The Morgan fingerprint density at radius 2 is 2.15 bits per heavy atom. The van der Waals surface area contributed by atoms with E-state index in [-0.39, 0.29) is 6.03 Å². The molecule has 8 nitrogen and oxygen atoms in total. The minimum absolute atomic E-state index is 0.162. The molecule has 0 radical (unpaired) electrons. The molecule has 1 fully saturated rings. The summed E-state index contributed by atoms with van der Waals surface area (Å²) in [6.45, 7) is 6.29. The zero-order chi connectivity index (χ0) is 19.0. The highest BCUT2D eigenvalue weighted by molar-refractivity contribution is 7.14. The fraction of sp³-hybridized carbons (Fsp3) is 0.389. The van der Waals surface area contributed by atoms with Gasteiger partial charge in [-0.3, -0.25) is 5.32 Å². The third kappa shape index (κ3) is 3.74. The van der Waals surface area contributed by atoms with E-state index in [1.807, 2.05) is 25.1 Å². The molecule has 140 valence electrons. The van der Waals surface area contributed by atoms with Crippen LogP contribution in [0, 0.1) is 6.92 Å². The highest BCUT2D eigenvalue weighted by atomic mass is 32.1. The van der Waals surface area contributed by atoms with Gasteiger partial charge in [-0.15, -0.1) is 10.2 Å². The highest BCUT2D eigenvalue weighted by Crippen LogP contribution is 2.26. The van der Waals surface area contributed by atoms with Crippen molar-refractivity contribution >= 4 is 34.2 Å². The second kappa shape index (κ2) is 7.16. The maximum atomic E-state index is 12.5. The molecule has 9 heteroatoms. The maximum Gasteiger partial charge on any atom is 0.324 e. The molecule has 0 spiro atoms. The lowest BCUT2D eigenvalue weighted by Crippen LogP contribution is -2.53. The Morgan fingerprint density at radius 3 is 2.89 bits per heavy atom. The molecule has 3 aromatic rings. The second-order valence-corrected chi connectivity index (χ2v) is 7.98. The first kappa shape index (κ1) is 17.7. The van der Waals surface area contributed by atoms with Crippen LogP contribution in [-0.4, -0.2) is 68.7 Å². The van der Waals surface area contributed by atoms with Crippen LogP contribution in [0.15, 0.2) is 24.4 Å². The van der Waals surface area contributed by atoms with Gasteiger partial charge >= 0.3 is 6.03 Å². The molecular formula is C18H21N7OS. The van der Waals surface area contributed by atoms with Gasteiger partial charge in [0.25, 0.3) is 0 Å². The van der Waals surface area contributed by atoms with Crippen LogP contribution in [0.1, 0.15) is 11.9 Å². The number of carbonyl (C=O) groups is 1. The Bertz CT molecular complexity index is 989. The van der Waals surface area contributed by atoms with Crippen molar-refractivity contribution in [3.8, 4) is 10.6 Å². The summed E-state index contributed by atoms with van der Waals surface area (Å²) in [5.41, 5.74) is 1.72. The van der Waals surface area contributed by atoms with E-state index in [1.54, 1.807) is 11.1 Å². The van der Waals surface area contributed by atoms with Crippen LogP contribution in [0.25, 0.3) is 21.5 Å². The van der Waals surface area contributed by atoms with Gasteiger partial charge in [0.2, 0.25) is 5.95 Å². The second-order valence-electron chi connectivity index (χ2n) is 6.80. The Balaban J connectivity index is 1.54. The van der Waals surface area contributed by atoms with Crippen molar-refractivity contribution in [3.63, 3.8) is 0 Å². The number of hydrogen-bond acceptors (Lipinski definition) is 7. The first-order valence-electron chi connectivity index (χ1n) is 8.83. The van der Waals surface area contributed by atoms with Crippen LogP contribution in [0.4, 0.5) is 10.7 Å². The van der Waals surface area contributed by atoms with E-state index < -0.39 is 0 Å². The van der Waals surface area contributed by atoms with Crippen molar-refractivity contribution in [2.45, 2.75) is 19.9 Å². The van der Waals surface area contributed by atoms with E-state index >= 15 is 0 Å². The number of piperazine rings is 1. The number of nitrogens with zero attached hydrogens (tertiary/aromatic N) is 6. The first-order chi connectivity index (χ1) is 13.0. The monoisotopic (exact) mass is 383 g/mol. The molecule has 1 saturated heterocycles. The number of rotatable bonds is 2. The van der Waals surface area contributed by atoms with Crippen LogP contribution >= 0.6 is 11.3 Å². The van der Waals surface area contributed by atoms with Gasteiger partial charge in [-0.1, -0.05) is 23.5 Å². The molecule has 1 aliphatic heterocycles. The number of urea groups is 1.